The van der Waals surface area contributed by atoms with Crippen molar-refractivity contribution in [2.24, 2.45) is 5.92 Å². The van der Waals surface area contributed by atoms with Gasteiger partial charge in [-0.2, -0.15) is 0 Å². The van der Waals surface area contributed by atoms with E-state index in [9.17, 15) is 14.9 Å². The van der Waals surface area contributed by atoms with Crippen LogP contribution in [-0.2, 0) is 4.79 Å². The standard InChI is InChI=1S/C10H12N2O3/c1-7(2)10(13)11-8-4-3-5-9(6-8)12(14)15/h3-7H,1-2H3,(H,11,13). The minimum Gasteiger partial charge on any atom is -0.326 e. The average Bonchev–Trinajstić information content (AvgIpc) is 2.18. The van der Waals surface area contributed by atoms with Crippen LogP contribution in [0.15, 0.2) is 24.3 Å². The average molecular weight is 208 g/mol. The Kier molecular flexibility index (Phi) is 3.38. The Morgan fingerprint density at radius 3 is 2.67 bits per heavy atom. The summed E-state index contributed by atoms with van der Waals surface area (Å²) < 4.78 is 0. The van der Waals surface area contributed by atoms with Gasteiger partial charge in [-0.25, -0.2) is 0 Å². The molecule has 0 fully saturated rings. The summed E-state index contributed by atoms with van der Waals surface area (Å²) in [6.07, 6.45) is 0. The van der Waals surface area contributed by atoms with E-state index in [2.05, 4.69) is 5.32 Å². The first-order valence-corrected chi connectivity index (χ1v) is 4.56. The van der Waals surface area contributed by atoms with Crippen LogP contribution in [-0.4, -0.2) is 10.8 Å². The lowest BCUT2D eigenvalue weighted by molar-refractivity contribution is -0.384. The smallest absolute Gasteiger partial charge is 0.271 e. The summed E-state index contributed by atoms with van der Waals surface area (Å²) in [5.74, 6) is -0.306. The molecular formula is C10H12N2O3. The monoisotopic (exact) mass is 208 g/mol. The normalized spacial score (nSPS) is 10.1. The van der Waals surface area contributed by atoms with Crippen molar-refractivity contribution in [3.05, 3.63) is 34.4 Å². The number of nitrogens with zero attached hydrogens (tertiary/aromatic N) is 1. The van der Waals surface area contributed by atoms with E-state index in [1.54, 1.807) is 19.9 Å². The lowest BCUT2D eigenvalue weighted by atomic mass is 10.2. The summed E-state index contributed by atoms with van der Waals surface area (Å²) in [4.78, 5) is 21.3. The summed E-state index contributed by atoms with van der Waals surface area (Å²) in [5.41, 5.74) is 0.416. The molecule has 1 rings (SSSR count). The predicted molar refractivity (Wildman–Crippen MR) is 56.6 cm³/mol. The molecule has 0 aliphatic carbocycles. The van der Waals surface area contributed by atoms with Gasteiger partial charge in [0, 0.05) is 23.7 Å². The molecule has 0 aromatic heterocycles. The van der Waals surface area contributed by atoms with Gasteiger partial charge in [0.25, 0.3) is 5.69 Å². The van der Waals surface area contributed by atoms with Gasteiger partial charge in [0.15, 0.2) is 0 Å². The first kappa shape index (κ1) is 11.2. The Morgan fingerprint density at radius 2 is 2.13 bits per heavy atom. The van der Waals surface area contributed by atoms with Gasteiger partial charge in [0.1, 0.15) is 0 Å². The number of carbonyl (C=O) groups is 1. The van der Waals surface area contributed by atoms with E-state index in [1.807, 2.05) is 0 Å². The zero-order valence-corrected chi connectivity index (χ0v) is 8.56. The highest BCUT2D eigenvalue weighted by Gasteiger charge is 2.10. The molecule has 1 amide bonds. The van der Waals surface area contributed by atoms with E-state index >= 15 is 0 Å². The van der Waals surface area contributed by atoms with Gasteiger partial charge in [-0.05, 0) is 6.07 Å². The molecular weight excluding hydrogens is 196 g/mol. The van der Waals surface area contributed by atoms with E-state index in [0.29, 0.717) is 5.69 Å². The van der Waals surface area contributed by atoms with Gasteiger partial charge in [0.05, 0.1) is 4.92 Å². The van der Waals surface area contributed by atoms with Gasteiger partial charge in [0.2, 0.25) is 5.91 Å². The van der Waals surface area contributed by atoms with Crippen molar-refractivity contribution in [1.82, 2.24) is 0 Å². The number of carbonyl (C=O) groups excluding carboxylic acids is 1. The molecule has 0 aliphatic rings. The van der Waals surface area contributed by atoms with Crippen LogP contribution in [0.4, 0.5) is 11.4 Å². The Bertz CT molecular complexity index is 388. The number of hydrogen-bond donors (Lipinski definition) is 1. The molecule has 0 aliphatic heterocycles. The van der Waals surface area contributed by atoms with Gasteiger partial charge < -0.3 is 5.32 Å². The highest BCUT2D eigenvalue weighted by Crippen LogP contribution is 2.17. The summed E-state index contributed by atoms with van der Waals surface area (Å²) in [5, 5.41) is 13.1. The maximum Gasteiger partial charge on any atom is 0.271 e. The van der Waals surface area contributed by atoms with Crippen molar-refractivity contribution in [1.29, 1.82) is 0 Å². The van der Waals surface area contributed by atoms with E-state index in [1.165, 1.54) is 18.2 Å². The zero-order chi connectivity index (χ0) is 11.4. The minimum atomic E-state index is -0.495. The third-order valence-electron chi connectivity index (χ3n) is 1.85. The van der Waals surface area contributed by atoms with Crippen LogP contribution in [0.2, 0.25) is 0 Å². The first-order valence-electron chi connectivity index (χ1n) is 4.56. The van der Waals surface area contributed by atoms with Gasteiger partial charge in [-0.1, -0.05) is 19.9 Å². The second kappa shape index (κ2) is 4.54. The molecule has 0 saturated carbocycles. The molecule has 0 atom stereocenters. The molecule has 5 heteroatoms. The minimum absolute atomic E-state index is 0.0310. The number of non-ortho nitro benzene ring substituents is 1. The van der Waals surface area contributed by atoms with Crippen molar-refractivity contribution in [2.45, 2.75) is 13.8 Å². The van der Waals surface area contributed by atoms with Gasteiger partial charge >= 0.3 is 0 Å². The zero-order valence-electron chi connectivity index (χ0n) is 8.56. The predicted octanol–water partition coefficient (Wildman–Crippen LogP) is 2.19. The van der Waals surface area contributed by atoms with Crippen molar-refractivity contribution in [3.8, 4) is 0 Å². The van der Waals surface area contributed by atoms with Crippen molar-refractivity contribution >= 4 is 17.3 Å². The highest BCUT2D eigenvalue weighted by atomic mass is 16.6. The summed E-state index contributed by atoms with van der Waals surface area (Å²) in [6.45, 7) is 3.51. The molecule has 1 aromatic carbocycles. The fourth-order valence-corrected chi connectivity index (χ4v) is 0.984. The Balaban J connectivity index is 2.83. The van der Waals surface area contributed by atoms with Crippen LogP contribution >= 0.6 is 0 Å². The molecule has 0 heterocycles. The second-order valence-corrected chi connectivity index (χ2v) is 3.45. The van der Waals surface area contributed by atoms with Crippen LogP contribution in [0.1, 0.15) is 13.8 Å². The Morgan fingerprint density at radius 1 is 1.47 bits per heavy atom. The number of hydrogen-bond acceptors (Lipinski definition) is 3. The molecule has 0 radical (unpaired) electrons. The van der Waals surface area contributed by atoms with Crippen LogP contribution < -0.4 is 5.32 Å². The number of nitrogens with one attached hydrogen (secondary N) is 1. The quantitative estimate of drug-likeness (QED) is 0.611. The molecule has 0 unspecified atom stereocenters. The van der Waals surface area contributed by atoms with Crippen molar-refractivity contribution in [3.63, 3.8) is 0 Å². The van der Waals surface area contributed by atoms with Crippen LogP contribution in [0.5, 0.6) is 0 Å². The largest absolute Gasteiger partial charge is 0.326 e. The van der Waals surface area contributed by atoms with E-state index in [-0.39, 0.29) is 17.5 Å². The Hall–Kier alpha value is -1.91. The number of nitro benzene ring substituents is 1. The molecule has 0 bridgehead atoms. The Labute approximate surface area is 87.3 Å². The van der Waals surface area contributed by atoms with Crippen LogP contribution in [0, 0.1) is 16.0 Å². The summed E-state index contributed by atoms with van der Waals surface area (Å²) >= 11 is 0. The summed E-state index contributed by atoms with van der Waals surface area (Å²) in [6, 6.07) is 5.87. The molecule has 1 aromatic rings. The number of benzene rings is 1. The lowest BCUT2D eigenvalue weighted by Gasteiger charge is -2.06. The maximum absolute atomic E-state index is 11.3. The van der Waals surface area contributed by atoms with E-state index in [4.69, 9.17) is 0 Å². The van der Waals surface area contributed by atoms with E-state index in [0.717, 1.165) is 0 Å². The SMILES string of the molecule is CC(C)C(=O)Nc1cccc([N+](=O)[O-])c1. The fourth-order valence-electron chi connectivity index (χ4n) is 0.984. The van der Waals surface area contributed by atoms with Crippen molar-refractivity contribution in [2.75, 3.05) is 5.32 Å². The molecule has 0 saturated heterocycles. The molecule has 5 nitrogen and oxygen atoms in total. The highest BCUT2D eigenvalue weighted by molar-refractivity contribution is 5.92. The van der Waals surface area contributed by atoms with Gasteiger partial charge in [-0.3, -0.25) is 14.9 Å². The number of rotatable bonds is 3. The van der Waals surface area contributed by atoms with Crippen LogP contribution in [0.3, 0.4) is 0 Å². The lowest BCUT2D eigenvalue weighted by Crippen LogP contribution is -2.17. The first-order chi connectivity index (χ1) is 7.00. The van der Waals surface area contributed by atoms with E-state index < -0.39 is 4.92 Å². The number of amides is 1. The molecule has 15 heavy (non-hydrogen) atoms. The van der Waals surface area contributed by atoms with Crippen LogP contribution in [0.25, 0.3) is 0 Å². The second-order valence-electron chi connectivity index (χ2n) is 3.45. The summed E-state index contributed by atoms with van der Waals surface area (Å²) in [7, 11) is 0. The maximum atomic E-state index is 11.3. The topological polar surface area (TPSA) is 72.2 Å². The van der Waals surface area contributed by atoms with Gasteiger partial charge in [-0.15, -0.1) is 0 Å². The number of anilines is 1. The third-order valence-corrected chi connectivity index (χ3v) is 1.85. The third kappa shape index (κ3) is 3.05. The molecule has 0 spiro atoms. The fraction of sp³-hybridized carbons (Fsp3) is 0.300. The number of nitro groups is 1. The molecule has 1 N–H and O–H groups in total. The molecule has 80 valence electrons. The van der Waals surface area contributed by atoms with Crippen molar-refractivity contribution < 1.29 is 9.72 Å².